The van der Waals surface area contributed by atoms with Gasteiger partial charge < -0.3 is 0 Å². The van der Waals surface area contributed by atoms with Gasteiger partial charge in [0, 0.05) is 11.8 Å². The van der Waals surface area contributed by atoms with Gasteiger partial charge in [0.2, 0.25) is 0 Å². The van der Waals surface area contributed by atoms with Crippen molar-refractivity contribution in [3.8, 4) is 130 Å². The first-order valence-electron chi connectivity index (χ1n) is 6.10. The van der Waals surface area contributed by atoms with Gasteiger partial charge >= 0.3 is 0 Å². The summed E-state index contributed by atoms with van der Waals surface area (Å²) in [5.74, 6) is 55.0. The average Bonchev–Trinajstić information content (AvgIpc) is 2.60. The fraction of sp³-hybridized carbons (Fsp3) is 0.0417. The van der Waals surface area contributed by atoms with Gasteiger partial charge in [-0.3, -0.25) is 5.92 Å². The molecule has 0 saturated carbocycles. The van der Waals surface area contributed by atoms with Crippen molar-refractivity contribution >= 4 is 0 Å². The van der Waals surface area contributed by atoms with Gasteiger partial charge in [0.15, 0.2) is 0 Å². The summed E-state index contributed by atoms with van der Waals surface area (Å²) in [5.41, 5.74) is 0. The van der Waals surface area contributed by atoms with Gasteiger partial charge in [0.25, 0.3) is 0 Å². The van der Waals surface area contributed by atoms with E-state index in [0.29, 0.717) is 0 Å². The van der Waals surface area contributed by atoms with Gasteiger partial charge in [0.05, 0.1) is 0 Å². The van der Waals surface area contributed by atoms with E-state index >= 15 is 0 Å². The van der Waals surface area contributed by atoms with E-state index in [-0.39, 0.29) is 0 Å². The minimum Gasteiger partial charge on any atom is -0.284 e. The normalized spacial score (nSPS) is 3.88. The van der Waals surface area contributed by atoms with E-state index in [9.17, 15) is 0 Å². The number of hydrogen-bond donors (Lipinski definition) is 0. The molecule has 0 atom stereocenters. The summed E-state index contributed by atoms with van der Waals surface area (Å²) in [6.45, 7) is 5.00. The zero-order valence-corrected chi connectivity index (χ0v) is 12.7. The Bertz CT molecular complexity index is 1060. The van der Waals surface area contributed by atoms with Crippen LogP contribution in [0, 0.1) is 137 Å². The molecule has 0 rings (SSSR count). The molecule has 0 heterocycles. The molecule has 0 N–H and O–H groups in total. The lowest BCUT2D eigenvalue weighted by atomic mass is 10.4. The molecule has 0 aromatic carbocycles. The van der Waals surface area contributed by atoms with Gasteiger partial charge in [-0.15, -0.1) is 5.92 Å². The highest BCUT2D eigenvalue weighted by molar-refractivity contribution is 5.47. The second-order valence-electron chi connectivity index (χ2n) is 2.93. The highest BCUT2D eigenvalue weighted by Gasteiger charge is 1.58. The monoisotopic (exact) mass is 293 g/mol. The number of hydrogen-bond acceptors (Lipinski definition) is 0. The third-order valence-corrected chi connectivity index (χ3v) is 1.40. The Morgan fingerprint density at radius 1 is 0.333 bits per heavy atom. The fourth-order valence-electron chi connectivity index (χ4n) is 0.669. The molecule has 0 spiro atoms. The van der Waals surface area contributed by atoms with E-state index in [4.69, 9.17) is 0 Å². The maximum absolute atomic E-state index is 3.30. The smallest absolute Gasteiger partial charge is 0 e. The zero-order chi connectivity index (χ0) is 17.6. The van der Waals surface area contributed by atoms with Crippen LogP contribution in [0.3, 0.4) is 0 Å². The Labute approximate surface area is 144 Å². The molecule has 0 aliphatic rings. The Kier molecular flexibility index (Phi) is 14.3. The van der Waals surface area contributed by atoms with E-state index in [1.807, 2.05) is 0 Å². The quantitative estimate of drug-likeness (QED) is 0.459. The predicted octanol–water partition coefficient (Wildman–Crippen LogP) is 0.878. The lowest BCUT2D eigenvalue weighted by Crippen LogP contribution is -1.56. The summed E-state index contributed by atoms with van der Waals surface area (Å²) in [5, 5.41) is 0. The molecule has 24 heavy (non-hydrogen) atoms. The van der Waals surface area contributed by atoms with Gasteiger partial charge in [-0.1, -0.05) is 5.92 Å². The van der Waals surface area contributed by atoms with Crippen molar-refractivity contribution in [2.75, 3.05) is 0 Å². The van der Waals surface area contributed by atoms with Crippen LogP contribution in [0.2, 0.25) is 0 Å². The van der Waals surface area contributed by atoms with Crippen molar-refractivity contribution in [3.05, 3.63) is 6.92 Å². The van der Waals surface area contributed by atoms with E-state index in [1.165, 1.54) is 0 Å². The van der Waals surface area contributed by atoms with Crippen molar-refractivity contribution in [1.29, 1.82) is 0 Å². The summed E-state index contributed by atoms with van der Waals surface area (Å²) >= 11 is 0. The van der Waals surface area contributed by atoms with E-state index < -0.39 is 0 Å². The largest absolute Gasteiger partial charge is 0.284 e. The summed E-state index contributed by atoms with van der Waals surface area (Å²) in [6, 6.07) is 0. The zero-order valence-electron chi connectivity index (χ0n) is 12.7. The summed E-state index contributed by atoms with van der Waals surface area (Å²) in [6.07, 6.45) is 0. The van der Waals surface area contributed by atoms with Gasteiger partial charge in [-0.05, 0) is 102 Å². The van der Waals surface area contributed by atoms with Crippen LogP contribution in [0.1, 0.15) is 6.92 Å². The van der Waals surface area contributed by atoms with E-state index in [0.717, 1.165) is 0 Å². The molecule has 0 heteroatoms. The molecule has 102 valence electrons. The maximum atomic E-state index is 3.30. The van der Waals surface area contributed by atoms with E-state index in [1.54, 1.807) is 6.92 Å². The standard InChI is InChI=1S/C24H5/c1-3-5-7-9-11-13-15-17-19-21-23-24-22-20-18-16-14-12-10-8-6-4-2/h1H2,2H3/q-1. The van der Waals surface area contributed by atoms with Crippen molar-refractivity contribution in [2.24, 2.45) is 0 Å². The third-order valence-electron chi connectivity index (χ3n) is 1.40. The molecular formula is C24H5-. The molecule has 0 radical (unpaired) electrons. The van der Waals surface area contributed by atoms with Crippen molar-refractivity contribution in [1.82, 2.24) is 0 Å². The van der Waals surface area contributed by atoms with E-state index in [2.05, 4.69) is 137 Å². The van der Waals surface area contributed by atoms with Gasteiger partial charge in [0.1, 0.15) is 0 Å². The molecule has 0 amide bonds. The van der Waals surface area contributed by atoms with Gasteiger partial charge in [-0.2, -0.15) is 6.92 Å². The van der Waals surface area contributed by atoms with Crippen LogP contribution in [0.4, 0.5) is 0 Å². The van der Waals surface area contributed by atoms with Crippen LogP contribution in [0.5, 0.6) is 0 Å². The second kappa shape index (κ2) is 18.0. The maximum Gasteiger partial charge on any atom is 0 e. The Balaban J connectivity index is 4.39. The van der Waals surface area contributed by atoms with Crippen LogP contribution < -0.4 is 0 Å². The first-order valence-corrected chi connectivity index (χ1v) is 6.10. The van der Waals surface area contributed by atoms with Crippen LogP contribution in [0.15, 0.2) is 0 Å². The third kappa shape index (κ3) is 17.0. The minimum absolute atomic E-state index is 1.70. The fourth-order valence-corrected chi connectivity index (χ4v) is 0.669. The Morgan fingerprint density at radius 3 is 0.750 bits per heavy atom. The molecule has 0 bridgehead atoms. The Morgan fingerprint density at radius 2 is 0.542 bits per heavy atom. The topological polar surface area (TPSA) is 0 Å². The average molecular weight is 293 g/mol. The van der Waals surface area contributed by atoms with Crippen LogP contribution >= 0.6 is 0 Å². The van der Waals surface area contributed by atoms with Crippen LogP contribution in [-0.2, 0) is 0 Å². The highest BCUT2D eigenvalue weighted by atomic mass is 13.6. The summed E-state index contributed by atoms with van der Waals surface area (Å²) in [4.78, 5) is 0. The molecule has 0 saturated heterocycles. The second-order valence-corrected chi connectivity index (χ2v) is 2.93. The molecule has 0 aromatic rings. The van der Waals surface area contributed by atoms with Crippen LogP contribution in [0.25, 0.3) is 0 Å². The predicted molar refractivity (Wildman–Crippen MR) is 96.6 cm³/mol. The molecule has 0 unspecified atom stereocenters. The molecular weight excluding hydrogens is 288 g/mol. The van der Waals surface area contributed by atoms with Crippen molar-refractivity contribution in [2.45, 2.75) is 6.92 Å². The molecule has 0 aromatic heterocycles. The Hall–Kier alpha value is -4.97. The van der Waals surface area contributed by atoms with Crippen LogP contribution in [-0.4, -0.2) is 0 Å². The first-order chi connectivity index (χ1) is 11.9. The molecule has 0 fully saturated rings. The lowest BCUT2D eigenvalue weighted by Gasteiger charge is -1.64. The molecule has 0 aliphatic heterocycles. The summed E-state index contributed by atoms with van der Waals surface area (Å²) < 4.78 is 0. The van der Waals surface area contributed by atoms with Gasteiger partial charge in [-0.25, -0.2) is 5.92 Å². The van der Waals surface area contributed by atoms with Crippen molar-refractivity contribution in [3.63, 3.8) is 0 Å². The minimum atomic E-state index is 1.70. The molecule has 0 nitrogen and oxygen atoms in total. The first kappa shape index (κ1) is 19.0. The van der Waals surface area contributed by atoms with Crippen molar-refractivity contribution < 1.29 is 0 Å². The molecule has 0 aliphatic carbocycles. The lowest BCUT2D eigenvalue weighted by molar-refractivity contribution is 1.92. The SMILES string of the molecule is [CH2-]C#CC#CC#CC#CC#CC#CC#CC#CC#CC#CC#CC. The number of rotatable bonds is 0. The summed E-state index contributed by atoms with van der Waals surface area (Å²) in [7, 11) is 0. The highest BCUT2D eigenvalue weighted by Crippen LogP contribution is 1.59.